The van der Waals surface area contributed by atoms with Crippen molar-refractivity contribution in [3.05, 3.63) is 35.9 Å². The van der Waals surface area contributed by atoms with Gasteiger partial charge in [-0.25, -0.2) is 0 Å². The summed E-state index contributed by atoms with van der Waals surface area (Å²) < 4.78 is 41.6. The number of benzene rings is 1. The number of rotatable bonds is 3. The third-order valence-electron chi connectivity index (χ3n) is 1.94. The Bertz CT molecular complexity index is 387. The van der Waals surface area contributed by atoms with Crippen LogP contribution in [0.5, 0.6) is 0 Å². The first-order chi connectivity index (χ1) is 8.01. The Morgan fingerprint density at radius 3 is 2.41 bits per heavy atom. The van der Waals surface area contributed by atoms with E-state index in [-0.39, 0.29) is 6.61 Å². The van der Waals surface area contributed by atoms with Gasteiger partial charge in [-0.15, -0.1) is 0 Å². The van der Waals surface area contributed by atoms with Crippen LogP contribution >= 0.6 is 0 Å². The second-order valence-corrected chi connectivity index (χ2v) is 3.40. The van der Waals surface area contributed by atoms with Gasteiger partial charge in [0.1, 0.15) is 6.10 Å². The van der Waals surface area contributed by atoms with E-state index in [1.807, 2.05) is 6.07 Å². The molecule has 0 aliphatic heterocycles. The highest BCUT2D eigenvalue weighted by molar-refractivity contribution is 5.34. The molecule has 0 saturated carbocycles. The van der Waals surface area contributed by atoms with Gasteiger partial charge in [0.25, 0.3) is 0 Å². The van der Waals surface area contributed by atoms with Crippen LogP contribution in [0.2, 0.25) is 0 Å². The normalized spacial score (nSPS) is 12.7. The Morgan fingerprint density at radius 1 is 1.24 bits per heavy atom. The zero-order valence-corrected chi connectivity index (χ0v) is 9.42. The smallest absolute Gasteiger partial charge is 0.365 e. The van der Waals surface area contributed by atoms with E-state index in [1.54, 1.807) is 31.2 Å². The highest BCUT2D eigenvalue weighted by Crippen LogP contribution is 2.22. The van der Waals surface area contributed by atoms with E-state index in [0.717, 1.165) is 0 Å². The van der Waals surface area contributed by atoms with Crippen molar-refractivity contribution in [2.45, 2.75) is 25.6 Å². The first kappa shape index (κ1) is 13.6. The molecule has 1 rings (SSSR count). The minimum absolute atomic E-state index is 0.213. The molecule has 1 unspecified atom stereocenters. The summed E-state index contributed by atoms with van der Waals surface area (Å²) in [6.45, 7) is 1.86. The SMILES string of the molecule is CCOC(C#Cc1ccccc1)CC(F)(F)F. The van der Waals surface area contributed by atoms with Crippen molar-refractivity contribution < 1.29 is 17.9 Å². The average Bonchev–Trinajstić information content (AvgIpc) is 2.26. The van der Waals surface area contributed by atoms with Crippen LogP contribution in [0.15, 0.2) is 30.3 Å². The maximum Gasteiger partial charge on any atom is 0.392 e. The van der Waals surface area contributed by atoms with E-state index in [4.69, 9.17) is 4.74 Å². The lowest BCUT2D eigenvalue weighted by molar-refractivity contribution is -0.152. The van der Waals surface area contributed by atoms with E-state index < -0.39 is 18.7 Å². The zero-order chi connectivity index (χ0) is 12.7. The molecule has 0 saturated heterocycles. The molecule has 1 aromatic rings. The van der Waals surface area contributed by atoms with Crippen LogP contribution in [-0.4, -0.2) is 18.9 Å². The number of alkyl halides is 3. The summed E-state index contributed by atoms with van der Waals surface area (Å²) in [5, 5.41) is 0. The van der Waals surface area contributed by atoms with Crippen molar-refractivity contribution in [2.24, 2.45) is 0 Å². The van der Waals surface area contributed by atoms with Crippen LogP contribution in [-0.2, 0) is 4.74 Å². The van der Waals surface area contributed by atoms with Gasteiger partial charge in [-0.3, -0.25) is 0 Å². The summed E-state index contributed by atoms with van der Waals surface area (Å²) in [5.41, 5.74) is 0.680. The van der Waals surface area contributed by atoms with Crippen LogP contribution in [0, 0.1) is 11.8 Å². The average molecular weight is 242 g/mol. The summed E-state index contributed by atoms with van der Waals surface area (Å²) in [6, 6.07) is 8.86. The van der Waals surface area contributed by atoms with E-state index in [9.17, 15) is 13.2 Å². The Balaban J connectivity index is 2.70. The Hall–Kier alpha value is -1.47. The Labute approximate surface area is 98.6 Å². The Kier molecular flexibility index (Phi) is 5.05. The van der Waals surface area contributed by atoms with Crippen molar-refractivity contribution in [3.8, 4) is 11.8 Å². The zero-order valence-electron chi connectivity index (χ0n) is 9.42. The van der Waals surface area contributed by atoms with Crippen molar-refractivity contribution in [2.75, 3.05) is 6.61 Å². The number of hydrogen-bond acceptors (Lipinski definition) is 1. The summed E-state index contributed by atoms with van der Waals surface area (Å²) in [5.74, 6) is 5.18. The number of hydrogen-bond donors (Lipinski definition) is 0. The van der Waals surface area contributed by atoms with Gasteiger partial charge >= 0.3 is 6.18 Å². The van der Waals surface area contributed by atoms with Gasteiger partial charge in [-0.05, 0) is 19.1 Å². The summed E-state index contributed by atoms with van der Waals surface area (Å²) in [7, 11) is 0. The van der Waals surface area contributed by atoms with Gasteiger partial charge in [0.15, 0.2) is 0 Å². The van der Waals surface area contributed by atoms with Crippen molar-refractivity contribution in [1.82, 2.24) is 0 Å². The first-order valence-electron chi connectivity index (χ1n) is 5.26. The lowest BCUT2D eigenvalue weighted by atomic mass is 10.2. The largest absolute Gasteiger partial charge is 0.392 e. The molecule has 0 amide bonds. The molecular formula is C13H13F3O. The summed E-state index contributed by atoms with van der Waals surface area (Å²) in [4.78, 5) is 0. The van der Waals surface area contributed by atoms with Gasteiger partial charge in [0.2, 0.25) is 0 Å². The lowest BCUT2D eigenvalue weighted by Crippen LogP contribution is -2.21. The van der Waals surface area contributed by atoms with E-state index in [0.29, 0.717) is 5.56 Å². The maximum atomic E-state index is 12.2. The van der Waals surface area contributed by atoms with E-state index in [2.05, 4.69) is 11.8 Å². The molecule has 0 bridgehead atoms. The topological polar surface area (TPSA) is 9.23 Å². The molecule has 0 radical (unpaired) electrons. The monoisotopic (exact) mass is 242 g/mol. The molecule has 92 valence electrons. The van der Waals surface area contributed by atoms with Gasteiger partial charge in [0, 0.05) is 12.2 Å². The van der Waals surface area contributed by atoms with Crippen molar-refractivity contribution in [3.63, 3.8) is 0 Å². The molecule has 1 aromatic carbocycles. The predicted octanol–water partition coefficient (Wildman–Crippen LogP) is 3.40. The molecule has 0 N–H and O–H groups in total. The molecule has 0 fully saturated rings. The molecule has 1 atom stereocenters. The molecule has 0 spiro atoms. The molecule has 0 heterocycles. The van der Waals surface area contributed by atoms with Crippen molar-refractivity contribution >= 4 is 0 Å². The maximum absolute atomic E-state index is 12.2. The van der Waals surface area contributed by atoms with Crippen molar-refractivity contribution in [1.29, 1.82) is 0 Å². The fourth-order valence-corrected chi connectivity index (χ4v) is 1.25. The molecule has 0 aromatic heterocycles. The standard InChI is InChI=1S/C13H13F3O/c1-2-17-12(10-13(14,15)16)9-8-11-6-4-3-5-7-11/h3-7,12H,2,10H2,1H3. The Morgan fingerprint density at radius 2 is 1.88 bits per heavy atom. The van der Waals surface area contributed by atoms with Gasteiger partial charge in [-0.2, -0.15) is 13.2 Å². The van der Waals surface area contributed by atoms with Crippen LogP contribution in [0.4, 0.5) is 13.2 Å². The highest BCUT2D eigenvalue weighted by atomic mass is 19.4. The minimum Gasteiger partial charge on any atom is -0.365 e. The third-order valence-corrected chi connectivity index (χ3v) is 1.94. The number of ether oxygens (including phenoxy) is 1. The molecule has 1 nitrogen and oxygen atoms in total. The van der Waals surface area contributed by atoms with E-state index >= 15 is 0 Å². The summed E-state index contributed by atoms with van der Waals surface area (Å²) in [6.07, 6.45) is -6.40. The van der Waals surface area contributed by atoms with Gasteiger partial charge in [-0.1, -0.05) is 30.0 Å². The first-order valence-corrected chi connectivity index (χ1v) is 5.26. The van der Waals surface area contributed by atoms with Gasteiger partial charge in [0.05, 0.1) is 6.42 Å². The second-order valence-electron chi connectivity index (χ2n) is 3.40. The molecule has 0 aliphatic rings. The molecular weight excluding hydrogens is 229 g/mol. The molecule has 17 heavy (non-hydrogen) atoms. The number of halogens is 3. The fourth-order valence-electron chi connectivity index (χ4n) is 1.25. The lowest BCUT2D eigenvalue weighted by Gasteiger charge is -2.12. The quantitative estimate of drug-likeness (QED) is 0.738. The van der Waals surface area contributed by atoms with Crippen LogP contribution in [0.25, 0.3) is 0 Å². The second kappa shape index (κ2) is 6.31. The molecule has 0 aliphatic carbocycles. The van der Waals surface area contributed by atoms with Crippen LogP contribution < -0.4 is 0 Å². The fraction of sp³-hybridized carbons (Fsp3) is 0.385. The van der Waals surface area contributed by atoms with E-state index in [1.165, 1.54) is 0 Å². The van der Waals surface area contributed by atoms with Crippen LogP contribution in [0.1, 0.15) is 18.9 Å². The minimum atomic E-state index is -4.26. The predicted molar refractivity (Wildman–Crippen MR) is 59.4 cm³/mol. The van der Waals surface area contributed by atoms with Gasteiger partial charge < -0.3 is 4.74 Å². The van der Waals surface area contributed by atoms with Crippen LogP contribution in [0.3, 0.4) is 0 Å². The molecule has 4 heteroatoms. The third kappa shape index (κ3) is 5.98. The summed E-state index contributed by atoms with van der Waals surface area (Å²) >= 11 is 0. The highest BCUT2D eigenvalue weighted by Gasteiger charge is 2.31.